The Labute approximate surface area is 132 Å². The minimum absolute atomic E-state index is 0.128. The highest BCUT2D eigenvalue weighted by Gasteiger charge is 2.17. The smallest absolute Gasteiger partial charge is 0.260 e. The zero-order chi connectivity index (χ0) is 15.8. The Balaban J connectivity index is 2.63. The van der Waals surface area contributed by atoms with Crippen LogP contribution in [0.3, 0.4) is 0 Å². The van der Waals surface area contributed by atoms with E-state index in [1.165, 1.54) is 0 Å². The van der Waals surface area contributed by atoms with Gasteiger partial charge < -0.3 is 15.4 Å². The third-order valence-electron chi connectivity index (χ3n) is 3.25. The molecule has 0 spiro atoms. The van der Waals surface area contributed by atoms with E-state index in [0.717, 1.165) is 25.1 Å². The van der Waals surface area contributed by atoms with E-state index in [2.05, 4.69) is 17.6 Å². The maximum Gasteiger partial charge on any atom is 0.260 e. The van der Waals surface area contributed by atoms with Gasteiger partial charge in [-0.3, -0.25) is 4.79 Å². The minimum Gasteiger partial charge on any atom is -0.479 e. The van der Waals surface area contributed by atoms with Crippen molar-refractivity contribution in [2.45, 2.75) is 52.8 Å². The Morgan fingerprint density at radius 1 is 1.33 bits per heavy atom. The van der Waals surface area contributed by atoms with Crippen molar-refractivity contribution in [2.75, 3.05) is 6.54 Å². The third kappa shape index (κ3) is 5.94. The summed E-state index contributed by atoms with van der Waals surface area (Å²) in [5.41, 5.74) is 1.09. The molecule has 0 fully saturated rings. The van der Waals surface area contributed by atoms with E-state index in [1.807, 2.05) is 32.0 Å². The van der Waals surface area contributed by atoms with Crippen molar-refractivity contribution in [2.24, 2.45) is 0 Å². The minimum atomic E-state index is -0.573. The second-order valence-electron chi connectivity index (χ2n) is 5.12. The Morgan fingerprint density at radius 2 is 2.05 bits per heavy atom. The van der Waals surface area contributed by atoms with E-state index in [0.29, 0.717) is 10.8 Å². The van der Waals surface area contributed by atoms with Crippen LogP contribution in [0, 0.1) is 0 Å². The molecule has 0 saturated carbocycles. The molecule has 0 bridgehead atoms. The molecule has 0 aliphatic rings. The summed E-state index contributed by atoms with van der Waals surface area (Å²) in [6.07, 6.45) is 0.314. The second kappa shape index (κ2) is 8.90. The summed E-state index contributed by atoms with van der Waals surface area (Å²) in [5.74, 6) is 0.404. The first kappa shape index (κ1) is 17.8. The SMILES string of the molecule is CCNCc1ccc(OC(C)C(=O)NC(C)CC)c(Cl)c1. The maximum atomic E-state index is 11.9. The molecule has 0 radical (unpaired) electrons. The molecule has 0 aliphatic carbocycles. The summed E-state index contributed by atoms with van der Waals surface area (Å²) in [4.78, 5) is 11.9. The number of benzene rings is 1. The van der Waals surface area contributed by atoms with Crippen LogP contribution in [0.2, 0.25) is 5.02 Å². The van der Waals surface area contributed by atoms with Gasteiger partial charge >= 0.3 is 0 Å². The van der Waals surface area contributed by atoms with Gasteiger partial charge in [-0.25, -0.2) is 0 Å². The fourth-order valence-corrected chi connectivity index (χ4v) is 1.97. The van der Waals surface area contributed by atoms with E-state index in [9.17, 15) is 4.79 Å². The molecular formula is C16H25ClN2O2. The van der Waals surface area contributed by atoms with Gasteiger partial charge in [0.05, 0.1) is 5.02 Å². The number of nitrogens with one attached hydrogen (secondary N) is 2. The Morgan fingerprint density at radius 3 is 2.62 bits per heavy atom. The molecule has 1 amide bonds. The molecule has 2 unspecified atom stereocenters. The second-order valence-corrected chi connectivity index (χ2v) is 5.53. The molecule has 118 valence electrons. The van der Waals surface area contributed by atoms with Crippen LogP contribution in [-0.4, -0.2) is 24.6 Å². The van der Waals surface area contributed by atoms with Gasteiger partial charge in [0, 0.05) is 12.6 Å². The Hall–Kier alpha value is -1.26. The predicted molar refractivity (Wildman–Crippen MR) is 86.8 cm³/mol. The van der Waals surface area contributed by atoms with Gasteiger partial charge in [-0.15, -0.1) is 0 Å². The topological polar surface area (TPSA) is 50.4 Å². The van der Waals surface area contributed by atoms with E-state index >= 15 is 0 Å². The van der Waals surface area contributed by atoms with Crippen molar-refractivity contribution in [1.29, 1.82) is 0 Å². The quantitative estimate of drug-likeness (QED) is 0.775. The standard InChI is InChI=1S/C16H25ClN2O2/c1-5-11(3)19-16(20)12(4)21-15-8-7-13(9-14(15)17)10-18-6-2/h7-9,11-12,18H,5-6,10H2,1-4H3,(H,19,20). The normalized spacial score (nSPS) is 13.6. The number of rotatable bonds is 8. The first-order chi connectivity index (χ1) is 9.97. The molecule has 1 rings (SSSR count). The largest absolute Gasteiger partial charge is 0.479 e. The summed E-state index contributed by atoms with van der Waals surface area (Å²) in [7, 11) is 0. The van der Waals surface area contributed by atoms with Gasteiger partial charge in [-0.05, 0) is 44.5 Å². The third-order valence-corrected chi connectivity index (χ3v) is 3.54. The first-order valence-electron chi connectivity index (χ1n) is 7.44. The molecule has 21 heavy (non-hydrogen) atoms. The van der Waals surface area contributed by atoms with E-state index in [1.54, 1.807) is 6.92 Å². The van der Waals surface area contributed by atoms with Crippen molar-refractivity contribution >= 4 is 17.5 Å². The molecule has 0 aromatic heterocycles. The van der Waals surface area contributed by atoms with Crippen molar-refractivity contribution in [3.63, 3.8) is 0 Å². The Kier molecular flexibility index (Phi) is 7.54. The van der Waals surface area contributed by atoms with E-state index < -0.39 is 6.10 Å². The van der Waals surface area contributed by atoms with Gasteiger partial charge in [0.1, 0.15) is 5.75 Å². The summed E-state index contributed by atoms with van der Waals surface area (Å²) in [5, 5.41) is 6.65. The van der Waals surface area contributed by atoms with E-state index in [4.69, 9.17) is 16.3 Å². The van der Waals surface area contributed by atoms with Crippen LogP contribution in [0.15, 0.2) is 18.2 Å². The lowest BCUT2D eigenvalue weighted by molar-refractivity contribution is -0.127. The summed E-state index contributed by atoms with van der Waals surface area (Å²) < 4.78 is 5.65. The molecular weight excluding hydrogens is 288 g/mol. The fourth-order valence-electron chi connectivity index (χ4n) is 1.73. The molecule has 0 aliphatic heterocycles. The number of halogens is 1. The average Bonchev–Trinajstić information content (AvgIpc) is 2.47. The van der Waals surface area contributed by atoms with Crippen LogP contribution in [-0.2, 0) is 11.3 Å². The van der Waals surface area contributed by atoms with Crippen LogP contribution in [0.25, 0.3) is 0 Å². The fraction of sp³-hybridized carbons (Fsp3) is 0.562. The Bertz CT molecular complexity index is 466. The van der Waals surface area contributed by atoms with E-state index in [-0.39, 0.29) is 11.9 Å². The average molecular weight is 313 g/mol. The van der Waals surface area contributed by atoms with Crippen LogP contribution in [0.1, 0.15) is 39.7 Å². The maximum absolute atomic E-state index is 11.9. The highest BCUT2D eigenvalue weighted by molar-refractivity contribution is 6.32. The number of carbonyl (C=O) groups is 1. The first-order valence-corrected chi connectivity index (χ1v) is 7.81. The number of hydrogen-bond acceptors (Lipinski definition) is 3. The summed E-state index contributed by atoms with van der Waals surface area (Å²) in [6, 6.07) is 5.76. The van der Waals surface area contributed by atoms with Crippen LogP contribution in [0.5, 0.6) is 5.75 Å². The number of hydrogen-bond donors (Lipinski definition) is 2. The number of carbonyl (C=O) groups excluding carboxylic acids is 1. The van der Waals surface area contributed by atoms with Crippen molar-refractivity contribution in [1.82, 2.24) is 10.6 Å². The lowest BCUT2D eigenvalue weighted by atomic mass is 10.2. The van der Waals surface area contributed by atoms with Crippen molar-refractivity contribution in [3.8, 4) is 5.75 Å². The molecule has 2 atom stereocenters. The lowest BCUT2D eigenvalue weighted by Gasteiger charge is -2.18. The summed E-state index contributed by atoms with van der Waals surface area (Å²) in [6.45, 7) is 9.43. The van der Waals surface area contributed by atoms with Gasteiger partial charge in [-0.2, -0.15) is 0 Å². The van der Waals surface area contributed by atoms with Gasteiger partial charge in [-0.1, -0.05) is 31.5 Å². The zero-order valence-corrected chi connectivity index (χ0v) is 14.0. The molecule has 1 aromatic rings. The molecule has 5 heteroatoms. The molecule has 1 aromatic carbocycles. The van der Waals surface area contributed by atoms with Crippen molar-refractivity contribution < 1.29 is 9.53 Å². The monoisotopic (exact) mass is 312 g/mol. The van der Waals surface area contributed by atoms with Gasteiger partial charge in [0.15, 0.2) is 6.10 Å². The summed E-state index contributed by atoms with van der Waals surface area (Å²) >= 11 is 6.21. The van der Waals surface area contributed by atoms with Crippen molar-refractivity contribution in [3.05, 3.63) is 28.8 Å². The van der Waals surface area contributed by atoms with Crippen LogP contribution >= 0.6 is 11.6 Å². The van der Waals surface area contributed by atoms with Gasteiger partial charge in [0.25, 0.3) is 5.91 Å². The van der Waals surface area contributed by atoms with Gasteiger partial charge in [0.2, 0.25) is 0 Å². The number of amides is 1. The molecule has 0 saturated heterocycles. The zero-order valence-electron chi connectivity index (χ0n) is 13.2. The number of ether oxygens (including phenoxy) is 1. The molecule has 2 N–H and O–H groups in total. The highest BCUT2D eigenvalue weighted by Crippen LogP contribution is 2.26. The molecule has 0 heterocycles. The molecule has 4 nitrogen and oxygen atoms in total. The van der Waals surface area contributed by atoms with Crippen LogP contribution < -0.4 is 15.4 Å². The lowest BCUT2D eigenvalue weighted by Crippen LogP contribution is -2.41. The van der Waals surface area contributed by atoms with Crippen LogP contribution in [0.4, 0.5) is 0 Å². The highest BCUT2D eigenvalue weighted by atomic mass is 35.5. The predicted octanol–water partition coefficient (Wildman–Crippen LogP) is 3.13.